The predicted octanol–water partition coefficient (Wildman–Crippen LogP) is 5.24. The number of carbonyl (C=O) groups excluding carboxylic acids is 2. The number of aliphatic imine (C=N–C) groups is 1. The van der Waals surface area contributed by atoms with Crippen LogP contribution >= 0.6 is 0 Å². The van der Waals surface area contributed by atoms with Gasteiger partial charge >= 0.3 is 5.97 Å². The summed E-state index contributed by atoms with van der Waals surface area (Å²) in [6.07, 6.45) is 0.646. The number of rotatable bonds is 7. The van der Waals surface area contributed by atoms with E-state index in [4.69, 9.17) is 23.9 Å². The predicted molar refractivity (Wildman–Crippen MR) is 137 cm³/mol. The first-order valence-corrected chi connectivity index (χ1v) is 12.1. The first kappa shape index (κ1) is 25.5. The summed E-state index contributed by atoms with van der Waals surface area (Å²) in [5, 5.41) is 0. The van der Waals surface area contributed by atoms with E-state index in [-0.39, 0.29) is 17.8 Å². The third-order valence-corrected chi connectivity index (χ3v) is 6.86. The summed E-state index contributed by atoms with van der Waals surface area (Å²) in [5.41, 5.74) is 3.72. The van der Waals surface area contributed by atoms with Gasteiger partial charge < -0.3 is 18.9 Å². The van der Waals surface area contributed by atoms with E-state index >= 15 is 0 Å². The summed E-state index contributed by atoms with van der Waals surface area (Å²) in [6, 6.07) is 13.3. The summed E-state index contributed by atoms with van der Waals surface area (Å²) in [7, 11) is 4.78. The number of ether oxygens (including phenoxy) is 4. The van der Waals surface area contributed by atoms with Gasteiger partial charge in [-0.3, -0.25) is 14.6 Å². The highest BCUT2D eigenvalue weighted by atomic mass is 16.5. The van der Waals surface area contributed by atoms with Crippen molar-refractivity contribution in [2.75, 3.05) is 21.3 Å². The lowest BCUT2D eigenvalue weighted by Crippen LogP contribution is -2.39. The van der Waals surface area contributed by atoms with Crippen LogP contribution < -0.4 is 14.2 Å². The minimum atomic E-state index is -0.727. The monoisotopic (exact) mass is 491 g/mol. The van der Waals surface area contributed by atoms with Crippen molar-refractivity contribution in [1.29, 1.82) is 0 Å². The van der Waals surface area contributed by atoms with Crippen molar-refractivity contribution in [3.8, 4) is 17.2 Å². The number of hydrogen-bond donors (Lipinski definition) is 0. The highest BCUT2D eigenvalue weighted by Crippen LogP contribution is 2.49. The second kappa shape index (κ2) is 10.6. The Bertz CT molecular complexity index is 1210. The first-order valence-electron chi connectivity index (χ1n) is 12.1. The molecule has 1 aliphatic heterocycles. The van der Waals surface area contributed by atoms with Gasteiger partial charge in [0.1, 0.15) is 23.2 Å². The van der Waals surface area contributed by atoms with Gasteiger partial charge in [0.25, 0.3) is 0 Å². The largest absolute Gasteiger partial charge is 0.497 e. The average molecular weight is 492 g/mol. The Morgan fingerprint density at radius 2 is 1.61 bits per heavy atom. The summed E-state index contributed by atoms with van der Waals surface area (Å²) in [6.45, 7) is 5.46. The maximum Gasteiger partial charge on any atom is 0.315 e. The Labute approximate surface area is 212 Å². The number of nitrogens with zero attached hydrogens (tertiary/aromatic N) is 1. The molecule has 0 saturated heterocycles. The highest BCUT2D eigenvalue weighted by molar-refractivity contribution is 6.09. The van der Waals surface area contributed by atoms with Crippen molar-refractivity contribution in [2.24, 2.45) is 10.9 Å². The van der Waals surface area contributed by atoms with E-state index in [0.29, 0.717) is 35.6 Å². The fourth-order valence-corrected chi connectivity index (χ4v) is 5.19. The van der Waals surface area contributed by atoms with Crippen molar-refractivity contribution < 1.29 is 28.5 Å². The molecule has 190 valence electrons. The summed E-state index contributed by atoms with van der Waals surface area (Å²) in [4.78, 5) is 31.9. The molecule has 0 radical (unpaired) electrons. The standard InChI is InChI=1S/C29H33NO6/c1-16(2)36-29(32)26-17(3)30-23-13-19(18-7-9-20(33-4)10-8-18)14-24(31)28(23)27(26)22-12-11-21(34-5)15-25(22)35-6/h7-12,15-16,19,26-27H,13-14H2,1-6H3/t19-,26?,27+/m0/s1. The molecular weight excluding hydrogens is 458 g/mol. The molecule has 0 spiro atoms. The lowest BCUT2D eigenvalue weighted by molar-refractivity contribution is -0.150. The molecule has 1 heterocycles. The second-order valence-corrected chi connectivity index (χ2v) is 9.46. The van der Waals surface area contributed by atoms with Gasteiger partial charge in [0.05, 0.1) is 27.4 Å². The Morgan fingerprint density at radius 3 is 2.22 bits per heavy atom. The zero-order chi connectivity index (χ0) is 26.0. The lowest BCUT2D eigenvalue weighted by Gasteiger charge is -2.37. The van der Waals surface area contributed by atoms with E-state index in [1.807, 2.05) is 57.2 Å². The quantitative estimate of drug-likeness (QED) is 0.493. The maximum absolute atomic E-state index is 13.8. The molecule has 0 amide bonds. The third-order valence-electron chi connectivity index (χ3n) is 6.86. The first-order chi connectivity index (χ1) is 17.3. The summed E-state index contributed by atoms with van der Waals surface area (Å²) < 4.78 is 22.0. The van der Waals surface area contributed by atoms with Crippen LogP contribution in [0.25, 0.3) is 0 Å². The van der Waals surface area contributed by atoms with Crippen molar-refractivity contribution in [3.05, 3.63) is 64.9 Å². The second-order valence-electron chi connectivity index (χ2n) is 9.46. The van der Waals surface area contributed by atoms with Crippen LogP contribution in [0.1, 0.15) is 56.6 Å². The van der Waals surface area contributed by atoms with Gasteiger partial charge in [0.15, 0.2) is 5.78 Å². The third kappa shape index (κ3) is 4.87. The molecule has 36 heavy (non-hydrogen) atoms. The van der Waals surface area contributed by atoms with Gasteiger partial charge in [0, 0.05) is 41.0 Å². The van der Waals surface area contributed by atoms with E-state index < -0.39 is 17.8 Å². The lowest BCUT2D eigenvalue weighted by atomic mass is 9.69. The van der Waals surface area contributed by atoms with Crippen LogP contribution in [0.3, 0.4) is 0 Å². The van der Waals surface area contributed by atoms with Crippen molar-refractivity contribution in [2.45, 2.75) is 51.6 Å². The summed E-state index contributed by atoms with van der Waals surface area (Å²) in [5.74, 6) is 0.241. The number of esters is 1. The molecule has 2 aromatic rings. The van der Waals surface area contributed by atoms with Gasteiger partial charge in [-0.15, -0.1) is 0 Å². The van der Waals surface area contributed by atoms with Crippen LogP contribution in [0.15, 0.2) is 58.7 Å². The normalized spacial score (nSPS) is 21.6. The molecule has 7 heteroatoms. The average Bonchev–Trinajstić information content (AvgIpc) is 2.86. The maximum atomic E-state index is 13.8. The fourth-order valence-electron chi connectivity index (χ4n) is 5.19. The molecule has 3 atom stereocenters. The van der Waals surface area contributed by atoms with E-state index in [9.17, 15) is 9.59 Å². The number of Topliss-reactive ketones (excluding diaryl/α,β-unsaturated/α-hetero) is 1. The molecule has 0 bridgehead atoms. The fraction of sp³-hybridized carbons (Fsp3) is 0.414. The van der Waals surface area contributed by atoms with Gasteiger partial charge in [-0.2, -0.15) is 0 Å². The number of allylic oxidation sites excluding steroid dienone is 2. The van der Waals surface area contributed by atoms with Crippen LogP contribution in [0.4, 0.5) is 0 Å². The van der Waals surface area contributed by atoms with Crippen LogP contribution in [0.5, 0.6) is 17.2 Å². The van der Waals surface area contributed by atoms with Crippen LogP contribution in [0.2, 0.25) is 0 Å². The highest BCUT2D eigenvalue weighted by Gasteiger charge is 2.46. The molecule has 0 saturated carbocycles. The number of ketones is 1. The van der Waals surface area contributed by atoms with Crippen LogP contribution in [0, 0.1) is 5.92 Å². The Morgan fingerprint density at radius 1 is 0.944 bits per heavy atom. The topological polar surface area (TPSA) is 83.4 Å². The van der Waals surface area contributed by atoms with Gasteiger partial charge in [0.2, 0.25) is 0 Å². The van der Waals surface area contributed by atoms with Gasteiger partial charge in [-0.25, -0.2) is 0 Å². The van der Waals surface area contributed by atoms with Crippen LogP contribution in [-0.4, -0.2) is 44.9 Å². The smallest absolute Gasteiger partial charge is 0.315 e. The molecule has 2 aliphatic rings. The van der Waals surface area contributed by atoms with Gasteiger partial charge in [-0.05, 0) is 56.9 Å². The number of methoxy groups -OCH3 is 3. The number of hydrogen-bond acceptors (Lipinski definition) is 7. The summed E-state index contributed by atoms with van der Waals surface area (Å²) >= 11 is 0. The van der Waals surface area contributed by atoms with E-state index in [1.165, 1.54) is 0 Å². The zero-order valence-corrected chi connectivity index (χ0v) is 21.7. The van der Waals surface area contributed by atoms with Crippen molar-refractivity contribution >= 4 is 17.5 Å². The molecule has 1 unspecified atom stereocenters. The molecule has 4 rings (SSSR count). The zero-order valence-electron chi connectivity index (χ0n) is 21.7. The molecule has 0 aromatic heterocycles. The van der Waals surface area contributed by atoms with E-state index in [2.05, 4.69) is 0 Å². The Kier molecular flexibility index (Phi) is 7.48. The minimum absolute atomic E-state index is 0.00344. The number of carbonyl (C=O) groups is 2. The molecular formula is C29H33NO6. The Balaban J connectivity index is 1.82. The molecule has 2 aromatic carbocycles. The van der Waals surface area contributed by atoms with Crippen molar-refractivity contribution in [3.63, 3.8) is 0 Å². The molecule has 7 nitrogen and oxygen atoms in total. The number of benzene rings is 2. The van der Waals surface area contributed by atoms with E-state index in [1.54, 1.807) is 27.4 Å². The molecule has 1 aliphatic carbocycles. The SMILES string of the molecule is COc1ccc([C@@H]2CC(=O)C3=C(C2)N=C(C)C(C(=O)OC(C)C)[C@H]3c2ccc(OC)cc2OC)cc1. The minimum Gasteiger partial charge on any atom is -0.497 e. The van der Waals surface area contributed by atoms with Gasteiger partial charge in [-0.1, -0.05) is 18.2 Å². The van der Waals surface area contributed by atoms with E-state index in [0.717, 1.165) is 22.6 Å². The van der Waals surface area contributed by atoms with Crippen LogP contribution in [-0.2, 0) is 14.3 Å². The Hall–Kier alpha value is -3.61. The molecule has 0 fully saturated rings. The molecule has 0 N–H and O–H groups in total. The van der Waals surface area contributed by atoms with Crippen molar-refractivity contribution in [1.82, 2.24) is 0 Å².